The van der Waals surface area contributed by atoms with Crippen LogP contribution in [-0.4, -0.2) is 28.6 Å². The molecule has 1 atom stereocenters. The maximum atomic E-state index is 11.6. The lowest BCUT2D eigenvalue weighted by molar-refractivity contribution is -0.117. The van der Waals surface area contributed by atoms with E-state index in [0.717, 1.165) is 17.3 Å². The molecule has 0 bridgehead atoms. The Bertz CT molecular complexity index is 311. The van der Waals surface area contributed by atoms with Gasteiger partial charge in [-0.3, -0.25) is 15.1 Å². The summed E-state index contributed by atoms with van der Waals surface area (Å²) in [5, 5.41) is 5.94. The Kier molecular flexibility index (Phi) is 3.00. The van der Waals surface area contributed by atoms with Crippen LogP contribution >= 0.6 is 11.8 Å². The molecule has 0 spiro atoms. The van der Waals surface area contributed by atoms with Gasteiger partial charge in [0.1, 0.15) is 0 Å². The first-order valence-electron chi connectivity index (χ1n) is 4.38. The minimum absolute atomic E-state index is 0.0289. The highest BCUT2D eigenvalue weighted by Gasteiger charge is 2.22. The van der Waals surface area contributed by atoms with Gasteiger partial charge >= 0.3 is 0 Å². The fourth-order valence-electron chi connectivity index (χ4n) is 1.23. The summed E-state index contributed by atoms with van der Waals surface area (Å²) in [7, 11) is 0. The average molecular weight is 209 g/mol. The zero-order chi connectivity index (χ0) is 9.80. The summed E-state index contributed by atoms with van der Waals surface area (Å²) < 4.78 is 0. The zero-order valence-corrected chi connectivity index (χ0v) is 8.38. The highest BCUT2D eigenvalue weighted by atomic mass is 32.2. The van der Waals surface area contributed by atoms with E-state index in [-0.39, 0.29) is 11.9 Å². The number of anilines is 1. The lowest BCUT2D eigenvalue weighted by Crippen LogP contribution is -2.37. The summed E-state index contributed by atoms with van der Waals surface area (Å²) in [6.45, 7) is 0. The summed E-state index contributed by atoms with van der Waals surface area (Å²) in [5.41, 5.74) is 0.795. The molecule has 0 saturated carbocycles. The van der Waals surface area contributed by atoms with Crippen molar-refractivity contribution in [2.75, 3.05) is 16.9 Å². The van der Waals surface area contributed by atoms with Gasteiger partial charge in [-0.1, -0.05) is 0 Å². The van der Waals surface area contributed by atoms with Crippen molar-refractivity contribution >= 4 is 23.4 Å². The Morgan fingerprint density at radius 2 is 2.36 bits per heavy atom. The van der Waals surface area contributed by atoms with Gasteiger partial charge in [-0.15, -0.1) is 11.8 Å². The third-order valence-corrected chi connectivity index (χ3v) is 2.92. The zero-order valence-electron chi connectivity index (χ0n) is 7.56. The molecule has 2 N–H and O–H groups in total. The van der Waals surface area contributed by atoms with Gasteiger partial charge in [-0.2, -0.15) is 0 Å². The minimum atomic E-state index is -0.0619. The monoisotopic (exact) mass is 209 g/mol. The fraction of sp³-hybridized carbons (Fsp3) is 0.333. The highest BCUT2D eigenvalue weighted by Crippen LogP contribution is 2.11. The Morgan fingerprint density at radius 3 is 3.00 bits per heavy atom. The molecule has 14 heavy (non-hydrogen) atoms. The highest BCUT2D eigenvalue weighted by molar-refractivity contribution is 7.99. The van der Waals surface area contributed by atoms with E-state index in [1.807, 2.05) is 0 Å². The smallest absolute Gasteiger partial charge is 0.242 e. The van der Waals surface area contributed by atoms with E-state index >= 15 is 0 Å². The number of rotatable bonds is 2. The summed E-state index contributed by atoms with van der Waals surface area (Å²) in [6, 6.07) is 3.49. The van der Waals surface area contributed by atoms with E-state index < -0.39 is 0 Å². The van der Waals surface area contributed by atoms with Crippen LogP contribution < -0.4 is 10.6 Å². The number of hydrogen-bond donors (Lipinski definition) is 2. The SMILES string of the molecule is O=C(Nc1ccncc1)[C@H]1CSCN1. The molecule has 0 unspecified atom stereocenters. The maximum absolute atomic E-state index is 11.6. The second kappa shape index (κ2) is 4.43. The van der Waals surface area contributed by atoms with Gasteiger partial charge in [0, 0.05) is 29.7 Å². The number of thioether (sulfide) groups is 1. The molecule has 1 aromatic heterocycles. The van der Waals surface area contributed by atoms with Gasteiger partial charge in [0.05, 0.1) is 6.04 Å². The number of carbonyl (C=O) groups excluding carboxylic acids is 1. The van der Waals surface area contributed by atoms with Crippen LogP contribution in [0.3, 0.4) is 0 Å². The number of nitrogens with one attached hydrogen (secondary N) is 2. The maximum Gasteiger partial charge on any atom is 0.242 e. The van der Waals surface area contributed by atoms with Crippen molar-refractivity contribution in [3.05, 3.63) is 24.5 Å². The standard InChI is InChI=1S/C9H11N3OS/c13-9(8-5-14-6-11-8)12-7-1-3-10-4-2-7/h1-4,8,11H,5-6H2,(H,10,12,13)/t8-/m1/s1. The Hall–Kier alpha value is -1.07. The molecule has 1 amide bonds. The van der Waals surface area contributed by atoms with Crippen molar-refractivity contribution in [1.82, 2.24) is 10.3 Å². The number of amides is 1. The van der Waals surface area contributed by atoms with Crippen molar-refractivity contribution in [2.24, 2.45) is 0 Å². The first-order valence-corrected chi connectivity index (χ1v) is 5.54. The summed E-state index contributed by atoms with van der Waals surface area (Å²) in [5.74, 6) is 1.73. The first-order chi connectivity index (χ1) is 6.86. The summed E-state index contributed by atoms with van der Waals surface area (Å²) >= 11 is 1.74. The van der Waals surface area contributed by atoms with Crippen LogP contribution in [0.2, 0.25) is 0 Å². The average Bonchev–Trinajstić information content (AvgIpc) is 2.72. The minimum Gasteiger partial charge on any atom is -0.325 e. The van der Waals surface area contributed by atoms with E-state index in [0.29, 0.717) is 0 Å². The number of nitrogens with zero attached hydrogens (tertiary/aromatic N) is 1. The molecule has 0 aliphatic carbocycles. The third-order valence-electron chi connectivity index (χ3n) is 1.98. The normalized spacial score (nSPS) is 20.7. The predicted molar refractivity (Wildman–Crippen MR) is 57.1 cm³/mol. The van der Waals surface area contributed by atoms with Gasteiger partial charge in [-0.05, 0) is 12.1 Å². The largest absolute Gasteiger partial charge is 0.325 e. The third kappa shape index (κ3) is 2.24. The molecule has 0 aromatic carbocycles. The number of pyridine rings is 1. The number of hydrogen-bond acceptors (Lipinski definition) is 4. The van der Waals surface area contributed by atoms with Gasteiger partial charge in [0.25, 0.3) is 0 Å². The first kappa shape index (κ1) is 9.48. The summed E-state index contributed by atoms with van der Waals surface area (Å²) in [4.78, 5) is 15.5. The van der Waals surface area contributed by atoms with Crippen LogP contribution in [0.1, 0.15) is 0 Å². The molecular formula is C9H11N3OS. The van der Waals surface area contributed by atoms with Crippen molar-refractivity contribution in [3.63, 3.8) is 0 Å². The Labute approximate surface area is 86.5 Å². The van der Waals surface area contributed by atoms with Crippen LogP contribution in [0.5, 0.6) is 0 Å². The van der Waals surface area contributed by atoms with E-state index in [1.165, 1.54) is 0 Å². The molecule has 5 heteroatoms. The molecular weight excluding hydrogens is 198 g/mol. The summed E-state index contributed by atoms with van der Waals surface area (Å²) in [6.07, 6.45) is 3.32. The van der Waals surface area contributed by atoms with Crippen LogP contribution in [0.25, 0.3) is 0 Å². The second-order valence-corrected chi connectivity index (χ2v) is 4.03. The fourth-order valence-corrected chi connectivity index (χ4v) is 2.17. The van der Waals surface area contributed by atoms with Gasteiger partial charge < -0.3 is 5.32 Å². The quantitative estimate of drug-likeness (QED) is 0.752. The Balaban J connectivity index is 1.94. The molecule has 4 nitrogen and oxygen atoms in total. The topological polar surface area (TPSA) is 54.0 Å². The van der Waals surface area contributed by atoms with Crippen LogP contribution in [0, 0.1) is 0 Å². The number of aromatic nitrogens is 1. The van der Waals surface area contributed by atoms with E-state index in [9.17, 15) is 4.79 Å². The lowest BCUT2D eigenvalue weighted by atomic mass is 10.3. The molecule has 2 heterocycles. The lowest BCUT2D eigenvalue weighted by Gasteiger charge is -2.09. The second-order valence-electron chi connectivity index (χ2n) is 3.00. The van der Waals surface area contributed by atoms with Crippen molar-refractivity contribution < 1.29 is 4.79 Å². The van der Waals surface area contributed by atoms with Gasteiger partial charge in [0.15, 0.2) is 0 Å². The van der Waals surface area contributed by atoms with Crippen LogP contribution in [0.4, 0.5) is 5.69 Å². The molecule has 74 valence electrons. The van der Waals surface area contributed by atoms with E-state index in [4.69, 9.17) is 0 Å². The van der Waals surface area contributed by atoms with Crippen molar-refractivity contribution in [2.45, 2.75) is 6.04 Å². The van der Waals surface area contributed by atoms with Crippen LogP contribution in [-0.2, 0) is 4.79 Å². The van der Waals surface area contributed by atoms with Crippen molar-refractivity contribution in [3.8, 4) is 0 Å². The van der Waals surface area contributed by atoms with Crippen LogP contribution in [0.15, 0.2) is 24.5 Å². The molecule has 1 saturated heterocycles. The van der Waals surface area contributed by atoms with E-state index in [2.05, 4.69) is 15.6 Å². The molecule has 1 aliphatic heterocycles. The molecule has 1 fully saturated rings. The van der Waals surface area contributed by atoms with Gasteiger partial charge in [-0.25, -0.2) is 0 Å². The molecule has 0 radical (unpaired) electrons. The van der Waals surface area contributed by atoms with E-state index in [1.54, 1.807) is 36.3 Å². The number of carbonyl (C=O) groups is 1. The molecule has 1 aromatic rings. The van der Waals surface area contributed by atoms with Crippen molar-refractivity contribution in [1.29, 1.82) is 0 Å². The molecule has 2 rings (SSSR count). The Morgan fingerprint density at radius 1 is 1.57 bits per heavy atom. The van der Waals surface area contributed by atoms with Gasteiger partial charge in [0.2, 0.25) is 5.91 Å². The molecule has 1 aliphatic rings. The predicted octanol–water partition coefficient (Wildman–Crippen LogP) is 0.683.